The highest BCUT2D eigenvalue weighted by atomic mass is 35.5. The molecule has 0 aliphatic carbocycles. The molecular weight excluding hydrogens is 272 g/mol. The fourth-order valence-corrected chi connectivity index (χ4v) is 2.92. The summed E-state index contributed by atoms with van der Waals surface area (Å²) in [5.74, 6) is 0.257. The second-order valence-corrected chi connectivity index (χ2v) is 5.55. The van der Waals surface area contributed by atoms with Crippen molar-refractivity contribution in [1.82, 2.24) is 4.90 Å². The molecule has 4 heteroatoms. The number of carbonyl (C=O) groups excluding carboxylic acids is 1. The number of aryl methyl sites for hydroxylation is 3. The van der Waals surface area contributed by atoms with Crippen molar-refractivity contribution < 1.29 is 4.79 Å². The number of amides is 1. The average molecular weight is 297 g/mol. The lowest BCUT2D eigenvalue weighted by atomic mass is 10.0. The number of halogens is 1. The third-order valence-corrected chi connectivity index (χ3v) is 4.08. The van der Waals surface area contributed by atoms with Gasteiger partial charge in [-0.25, -0.2) is 0 Å². The molecule has 0 spiro atoms. The van der Waals surface area contributed by atoms with Gasteiger partial charge in [0.15, 0.2) is 0 Å². The Balaban J connectivity index is 0.00000200. The van der Waals surface area contributed by atoms with E-state index < -0.39 is 0 Å². The molecule has 112 valence electrons. The quantitative estimate of drug-likeness (QED) is 0.928. The van der Waals surface area contributed by atoms with Crippen molar-refractivity contribution in [3.63, 3.8) is 0 Å². The first-order valence-corrected chi connectivity index (χ1v) is 7.17. The number of hydrogen-bond acceptors (Lipinski definition) is 2. The summed E-state index contributed by atoms with van der Waals surface area (Å²) in [5, 5.41) is 0. The number of benzene rings is 1. The van der Waals surface area contributed by atoms with Crippen molar-refractivity contribution >= 4 is 18.3 Å². The first-order chi connectivity index (χ1) is 9.11. The van der Waals surface area contributed by atoms with Gasteiger partial charge in [0.05, 0.1) is 0 Å². The third kappa shape index (κ3) is 3.97. The molecule has 0 saturated carbocycles. The zero-order valence-electron chi connectivity index (χ0n) is 12.4. The van der Waals surface area contributed by atoms with Crippen molar-refractivity contribution in [2.75, 3.05) is 13.1 Å². The number of hydrogen-bond donors (Lipinski definition) is 1. The highest BCUT2D eigenvalue weighted by molar-refractivity contribution is 5.85. The molecule has 1 aliphatic rings. The molecular formula is C16H25ClN2O. The first-order valence-electron chi connectivity index (χ1n) is 7.17. The van der Waals surface area contributed by atoms with Gasteiger partial charge < -0.3 is 10.6 Å². The van der Waals surface area contributed by atoms with E-state index in [0.717, 1.165) is 25.8 Å². The van der Waals surface area contributed by atoms with Gasteiger partial charge in [0, 0.05) is 25.6 Å². The number of rotatable bonds is 4. The highest BCUT2D eigenvalue weighted by Gasteiger charge is 2.26. The highest BCUT2D eigenvalue weighted by Crippen LogP contribution is 2.19. The van der Waals surface area contributed by atoms with Crippen LogP contribution in [-0.4, -0.2) is 29.9 Å². The Hall–Kier alpha value is -1.06. The molecule has 1 aromatic rings. The molecule has 1 heterocycles. The molecule has 1 fully saturated rings. The summed E-state index contributed by atoms with van der Waals surface area (Å²) in [7, 11) is 0. The minimum Gasteiger partial charge on any atom is -0.338 e. The standard InChI is InChI=1S/C16H24N2O.ClH/c1-12-5-6-14(13(2)10-12)7-8-16(19)18-9-3-4-15(18)11-17;/h5-6,10,15H,3-4,7-9,11,17H2,1-2H3;1H. The molecule has 1 saturated heterocycles. The van der Waals surface area contributed by atoms with Gasteiger partial charge in [0.1, 0.15) is 0 Å². The van der Waals surface area contributed by atoms with E-state index in [-0.39, 0.29) is 24.4 Å². The predicted molar refractivity (Wildman–Crippen MR) is 85.3 cm³/mol. The van der Waals surface area contributed by atoms with Gasteiger partial charge >= 0.3 is 0 Å². The fourth-order valence-electron chi connectivity index (χ4n) is 2.92. The summed E-state index contributed by atoms with van der Waals surface area (Å²) in [6, 6.07) is 6.71. The molecule has 3 nitrogen and oxygen atoms in total. The van der Waals surface area contributed by atoms with Crippen molar-refractivity contribution in [3.8, 4) is 0 Å². The zero-order valence-corrected chi connectivity index (χ0v) is 13.2. The van der Waals surface area contributed by atoms with Crippen molar-refractivity contribution in [1.29, 1.82) is 0 Å². The lowest BCUT2D eigenvalue weighted by Gasteiger charge is -2.23. The molecule has 1 amide bonds. The van der Waals surface area contributed by atoms with Gasteiger partial charge in [0.25, 0.3) is 0 Å². The fraction of sp³-hybridized carbons (Fsp3) is 0.562. The Labute approximate surface area is 127 Å². The van der Waals surface area contributed by atoms with E-state index in [0.29, 0.717) is 13.0 Å². The second-order valence-electron chi connectivity index (χ2n) is 5.55. The number of nitrogens with two attached hydrogens (primary N) is 1. The van der Waals surface area contributed by atoms with Gasteiger partial charge in [-0.2, -0.15) is 0 Å². The molecule has 0 bridgehead atoms. The van der Waals surface area contributed by atoms with Gasteiger partial charge in [-0.05, 0) is 44.2 Å². The Bertz CT molecular complexity index is 462. The Morgan fingerprint density at radius 3 is 2.80 bits per heavy atom. The predicted octanol–water partition coefficient (Wildman–Crippen LogP) is 2.61. The largest absolute Gasteiger partial charge is 0.338 e. The lowest BCUT2D eigenvalue weighted by molar-refractivity contribution is -0.131. The van der Waals surface area contributed by atoms with Crippen LogP contribution in [0, 0.1) is 13.8 Å². The molecule has 20 heavy (non-hydrogen) atoms. The minimum atomic E-state index is 0. The van der Waals surface area contributed by atoms with Gasteiger partial charge in [-0.1, -0.05) is 23.8 Å². The lowest BCUT2D eigenvalue weighted by Crippen LogP contribution is -2.40. The minimum absolute atomic E-state index is 0. The SMILES string of the molecule is Cc1ccc(CCC(=O)N2CCCC2CN)c(C)c1.Cl. The summed E-state index contributed by atoms with van der Waals surface area (Å²) >= 11 is 0. The van der Waals surface area contributed by atoms with E-state index in [1.807, 2.05) is 4.90 Å². The molecule has 0 radical (unpaired) electrons. The maximum absolute atomic E-state index is 12.2. The van der Waals surface area contributed by atoms with Crippen LogP contribution in [0.2, 0.25) is 0 Å². The van der Waals surface area contributed by atoms with Crippen LogP contribution in [0.5, 0.6) is 0 Å². The van der Waals surface area contributed by atoms with E-state index in [4.69, 9.17) is 5.73 Å². The van der Waals surface area contributed by atoms with Crippen molar-refractivity contribution in [2.45, 2.75) is 45.6 Å². The molecule has 1 atom stereocenters. The Morgan fingerprint density at radius 1 is 1.40 bits per heavy atom. The van der Waals surface area contributed by atoms with Crippen LogP contribution in [0.4, 0.5) is 0 Å². The number of carbonyl (C=O) groups is 1. The van der Waals surface area contributed by atoms with Crippen LogP contribution < -0.4 is 5.73 Å². The second kappa shape index (κ2) is 7.65. The summed E-state index contributed by atoms with van der Waals surface area (Å²) in [5.41, 5.74) is 9.55. The summed E-state index contributed by atoms with van der Waals surface area (Å²) in [6.45, 7) is 5.69. The average Bonchev–Trinajstić information content (AvgIpc) is 2.85. The van der Waals surface area contributed by atoms with E-state index >= 15 is 0 Å². The summed E-state index contributed by atoms with van der Waals surface area (Å²) in [4.78, 5) is 14.2. The van der Waals surface area contributed by atoms with E-state index in [9.17, 15) is 4.79 Å². The normalized spacial score (nSPS) is 17.9. The van der Waals surface area contributed by atoms with Crippen LogP contribution in [-0.2, 0) is 11.2 Å². The van der Waals surface area contributed by atoms with Crippen LogP contribution >= 0.6 is 12.4 Å². The monoisotopic (exact) mass is 296 g/mol. The van der Waals surface area contributed by atoms with Gasteiger partial charge in [0.2, 0.25) is 5.91 Å². The molecule has 1 aliphatic heterocycles. The number of nitrogens with zero attached hydrogens (tertiary/aromatic N) is 1. The molecule has 2 rings (SSSR count). The van der Waals surface area contributed by atoms with Crippen molar-refractivity contribution in [2.24, 2.45) is 5.73 Å². The van der Waals surface area contributed by atoms with E-state index in [2.05, 4.69) is 32.0 Å². The van der Waals surface area contributed by atoms with E-state index in [1.54, 1.807) is 0 Å². The Morgan fingerprint density at radius 2 is 2.15 bits per heavy atom. The third-order valence-electron chi connectivity index (χ3n) is 4.08. The van der Waals surface area contributed by atoms with Crippen molar-refractivity contribution in [3.05, 3.63) is 34.9 Å². The molecule has 1 unspecified atom stereocenters. The molecule has 1 aromatic carbocycles. The topological polar surface area (TPSA) is 46.3 Å². The van der Waals surface area contributed by atoms with Gasteiger partial charge in [-0.15, -0.1) is 12.4 Å². The maximum atomic E-state index is 12.2. The maximum Gasteiger partial charge on any atom is 0.223 e. The van der Waals surface area contributed by atoms with Crippen LogP contribution in [0.15, 0.2) is 18.2 Å². The van der Waals surface area contributed by atoms with Crippen LogP contribution in [0.3, 0.4) is 0 Å². The smallest absolute Gasteiger partial charge is 0.223 e. The molecule has 2 N–H and O–H groups in total. The van der Waals surface area contributed by atoms with Gasteiger partial charge in [-0.3, -0.25) is 4.79 Å². The van der Waals surface area contributed by atoms with Crippen LogP contribution in [0.25, 0.3) is 0 Å². The Kier molecular flexibility index (Phi) is 6.50. The summed E-state index contributed by atoms with van der Waals surface area (Å²) < 4.78 is 0. The zero-order chi connectivity index (χ0) is 13.8. The van der Waals surface area contributed by atoms with Crippen LogP contribution in [0.1, 0.15) is 36.0 Å². The summed E-state index contributed by atoms with van der Waals surface area (Å²) in [6.07, 6.45) is 3.59. The molecule has 0 aromatic heterocycles. The first kappa shape index (κ1) is 17.0. The number of likely N-dealkylation sites (tertiary alicyclic amines) is 1. The van der Waals surface area contributed by atoms with E-state index in [1.165, 1.54) is 16.7 Å².